The largest absolute Gasteiger partial charge is 0.351 e. The van der Waals surface area contributed by atoms with Crippen LogP contribution in [0.25, 0.3) is 0 Å². The van der Waals surface area contributed by atoms with Crippen molar-refractivity contribution in [3.8, 4) is 0 Å². The molecule has 3 rings (SSSR count). The number of benzene rings is 1. The molecule has 2 amide bonds. The SMILES string of the molecule is O=C(CN1CCCCC1)NCc1ccc(C(=O)N2CCCC2)cc1. The number of nitrogens with zero attached hydrogens (tertiary/aromatic N) is 2. The number of hydrogen-bond donors (Lipinski definition) is 1. The number of rotatable bonds is 5. The van der Waals surface area contributed by atoms with Gasteiger partial charge in [0.15, 0.2) is 0 Å². The molecule has 2 fully saturated rings. The summed E-state index contributed by atoms with van der Waals surface area (Å²) in [5, 5.41) is 2.97. The molecule has 0 aliphatic carbocycles. The van der Waals surface area contributed by atoms with Crippen LogP contribution in [0.4, 0.5) is 0 Å². The van der Waals surface area contributed by atoms with Crippen molar-refractivity contribution in [3.63, 3.8) is 0 Å². The van der Waals surface area contributed by atoms with Crippen molar-refractivity contribution in [2.24, 2.45) is 0 Å². The topological polar surface area (TPSA) is 52.7 Å². The number of nitrogens with one attached hydrogen (secondary N) is 1. The minimum atomic E-state index is 0.0779. The molecule has 24 heavy (non-hydrogen) atoms. The lowest BCUT2D eigenvalue weighted by Gasteiger charge is -2.25. The third kappa shape index (κ3) is 4.57. The van der Waals surface area contributed by atoms with Crippen molar-refractivity contribution in [2.75, 3.05) is 32.7 Å². The average Bonchev–Trinajstić information content (AvgIpc) is 3.15. The zero-order valence-electron chi connectivity index (χ0n) is 14.3. The van der Waals surface area contributed by atoms with E-state index in [4.69, 9.17) is 0 Å². The number of hydrogen-bond acceptors (Lipinski definition) is 3. The first-order valence-corrected chi connectivity index (χ1v) is 9.10. The van der Waals surface area contributed by atoms with Crippen LogP contribution in [-0.2, 0) is 11.3 Å². The van der Waals surface area contributed by atoms with Gasteiger partial charge in [-0.2, -0.15) is 0 Å². The molecular formula is C19H27N3O2. The van der Waals surface area contributed by atoms with Gasteiger partial charge in [-0.05, 0) is 56.5 Å². The molecule has 2 aliphatic rings. The van der Waals surface area contributed by atoms with E-state index in [0.717, 1.165) is 50.1 Å². The zero-order valence-corrected chi connectivity index (χ0v) is 14.3. The van der Waals surface area contributed by atoms with Gasteiger partial charge in [-0.25, -0.2) is 0 Å². The van der Waals surface area contributed by atoms with Gasteiger partial charge in [0.25, 0.3) is 5.91 Å². The van der Waals surface area contributed by atoms with E-state index >= 15 is 0 Å². The Morgan fingerprint density at radius 3 is 2.17 bits per heavy atom. The van der Waals surface area contributed by atoms with Crippen molar-refractivity contribution in [2.45, 2.75) is 38.6 Å². The highest BCUT2D eigenvalue weighted by Gasteiger charge is 2.19. The molecule has 5 heteroatoms. The third-order valence-electron chi connectivity index (χ3n) is 4.90. The smallest absolute Gasteiger partial charge is 0.253 e. The Bertz CT molecular complexity index is 558. The maximum absolute atomic E-state index is 12.3. The summed E-state index contributed by atoms with van der Waals surface area (Å²) in [5.74, 6) is 0.197. The van der Waals surface area contributed by atoms with Crippen molar-refractivity contribution >= 4 is 11.8 Å². The molecule has 2 aliphatic heterocycles. The summed E-state index contributed by atoms with van der Waals surface area (Å²) in [6.07, 6.45) is 5.87. The van der Waals surface area contributed by atoms with Crippen molar-refractivity contribution in [1.82, 2.24) is 15.1 Å². The minimum Gasteiger partial charge on any atom is -0.351 e. The molecule has 0 atom stereocenters. The van der Waals surface area contributed by atoms with Crippen LogP contribution in [0.3, 0.4) is 0 Å². The van der Waals surface area contributed by atoms with Crippen LogP contribution in [-0.4, -0.2) is 54.3 Å². The Kier molecular flexibility index (Phi) is 5.86. The second kappa shape index (κ2) is 8.29. The number of likely N-dealkylation sites (tertiary alicyclic amines) is 2. The van der Waals surface area contributed by atoms with Crippen LogP contribution in [0.1, 0.15) is 48.0 Å². The number of amides is 2. The second-order valence-electron chi connectivity index (χ2n) is 6.81. The Morgan fingerprint density at radius 1 is 0.875 bits per heavy atom. The molecule has 130 valence electrons. The highest BCUT2D eigenvalue weighted by molar-refractivity contribution is 5.94. The lowest BCUT2D eigenvalue weighted by Crippen LogP contribution is -2.39. The summed E-state index contributed by atoms with van der Waals surface area (Å²) in [6, 6.07) is 7.61. The summed E-state index contributed by atoms with van der Waals surface area (Å²) >= 11 is 0. The first-order chi connectivity index (χ1) is 11.7. The van der Waals surface area contributed by atoms with Crippen LogP contribution < -0.4 is 5.32 Å². The zero-order chi connectivity index (χ0) is 16.8. The van der Waals surface area contributed by atoms with E-state index in [9.17, 15) is 9.59 Å². The predicted molar refractivity (Wildman–Crippen MR) is 93.7 cm³/mol. The number of piperidine rings is 1. The molecular weight excluding hydrogens is 302 g/mol. The number of carbonyl (C=O) groups is 2. The lowest BCUT2D eigenvalue weighted by atomic mass is 10.1. The van der Waals surface area contributed by atoms with Crippen molar-refractivity contribution < 1.29 is 9.59 Å². The molecule has 2 saturated heterocycles. The second-order valence-corrected chi connectivity index (χ2v) is 6.81. The van der Waals surface area contributed by atoms with Gasteiger partial charge in [0, 0.05) is 25.2 Å². The Balaban J connectivity index is 1.45. The van der Waals surface area contributed by atoms with Gasteiger partial charge in [0.05, 0.1) is 6.54 Å². The predicted octanol–water partition coefficient (Wildman–Crippen LogP) is 2.02. The first-order valence-electron chi connectivity index (χ1n) is 9.10. The molecule has 1 N–H and O–H groups in total. The van der Waals surface area contributed by atoms with Crippen LogP contribution in [0.2, 0.25) is 0 Å². The van der Waals surface area contributed by atoms with Crippen LogP contribution in [0.5, 0.6) is 0 Å². The molecule has 2 heterocycles. The van der Waals surface area contributed by atoms with E-state index in [0.29, 0.717) is 13.1 Å². The summed E-state index contributed by atoms with van der Waals surface area (Å²) in [6.45, 7) is 4.80. The fourth-order valence-corrected chi connectivity index (χ4v) is 3.45. The van der Waals surface area contributed by atoms with Gasteiger partial charge in [0.2, 0.25) is 5.91 Å². The summed E-state index contributed by atoms with van der Waals surface area (Å²) in [5.41, 5.74) is 1.76. The van der Waals surface area contributed by atoms with Crippen LogP contribution in [0.15, 0.2) is 24.3 Å². The molecule has 0 aromatic heterocycles. The fourth-order valence-electron chi connectivity index (χ4n) is 3.45. The molecule has 0 spiro atoms. The quantitative estimate of drug-likeness (QED) is 0.899. The monoisotopic (exact) mass is 329 g/mol. The number of carbonyl (C=O) groups excluding carboxylic acids is 2. The summed E-state index contributed by atoms with van der Waals surface area (Å²) in [7, 11) is 0. The normalized spacial score (nSPS) is 18.6. The van der Waals surface area contributed by atoms with Crippen LogP contribution in [0, 0.1) is 0 Å². The van der Waals surface area contributed by atoms with Gasteiger partial charge >= 0.3 is 0 Å². The van der Waals surface area contributed by atoms with Crippen molar-refractivity contribution in [1.29, 1.82) is 0 Å². The van der Waals surface area contributed by atoms with E-state index in [2.05, 4.69) is 10.2 Å². The molecule has 1 aromatic rings. The standard InChI is InChI=1S/C19H27N3O2/c23-18(15-21-10-2-1-3-11-21)20-14-16-6-8-17(9-7-16)19(24)22-12-4-5-13-22/h6-9H,1-5,10-15H2,(H,20,23). The maximum atomic E-state index is 12.3. The highest BCUT2D eigenvalue weighted by Crippen LogP contribution is 2.13. The Labute approximate surface area is 144 Å². The van der Waals surface area contributed by atoms with E-state index < -0.39 is 0 Å². The third-order valence-corrected chi connectivity index (χ3v) is 4.90. The Hall–Kier alpha value is -1.88. The Morgan fingerprint density at radius 2 is 1.50 bits per heavy atom. The van der Waals surface area contributed by atoms with E-state index in [1.54, 1.807) is 0 Å². The van der Waals surface area contributed by atoms with E-state index in [-0.39, 0.29) is 11.8 Å². The van der Waals surface area contributed by atoms with Gasteiger partial charge in [-0.3, -0.25) is 14.5 Å². The summed E-state index contributed by atoms with van der Waals surface area (Å²) < 4.78 is 0. The summed E-state index contributed by atoms with van der Waals surface area (Å²) in [4.78, 5) is 28.4. The highest BCUT2D eigenvalue weighted by atomic mass is 16.2. The molecule has 5 nitrogen and oxygen atoms in total. The molecule has 1 aromatic carbocycles. The maximum Gasteiger partial charge on any atom is 0.253 e. The first kappa shape index (κ1) is 17.0. The molecule has 0 saturated carbocycles. The van der Waals surface area contributed by atoms with E-state index in [1.165, 1.54) is 19.3 Å². The van der Waals surface area contributed by atoms with Gasteiger partial charge in [-0.1, -0.05) is 18.6 Å². The van der Waals surface area contributed by atoms with Crippen molar-refractivity contribution in [3.05, 3.63) is 35.4 Å². The van der Waals surface area contributed by atoms with Gasteiger partial charge < -0.3 is 10.2 Å². The van der Waals surface area contributed by atoms with Gasteiger partial charge in [0.1, 0.15) is 0 Å². The lowest BCUT2D eigenvalue weighted by molar-refractivity contribution is -0.122. The molecule has 0 radical (unpaired) electrons. The van der Waals surface area contributed by atoms with E-state index in [1.807, 2.05) is 29.2 Å². The average molecular weight is 329 g/mol. The van der Waals surface area contributed by atoms with Gasteiger partial charge in [-0.15, -0.1) is 0 Å². The van der Waals surface area contributed by atoms with Crippen LogP contribution >= 0.6 is 0 Å². The molecule has 0 bridgehead atoms. The fraction of sp³-hybridized carbons (Fsp3) is 0.579. The minimum absolute atomic E-state index is 0.0779. The molecule has 0 unspecified atom stereocenters.